The second kappa shape index (κ2) is 1.60. The third-order valence-corrected chi connectivity index (χ3v) is 1.47. The summed E-state index contributed by atoms with van der Waals surface area (Å²) in [7, 11) is 0. The largest absolute Gasteiger partial charge is 0.151 e. The first-order chi connectivity index (χ1) is 3.34. The van der Waals surface area contributed by atoms with Crippen molar-refractivity contribution < 1.29 is 0 Å². The molecule has 1 aliphatic carbocycles. The van der Waals surface area contributed by atoms with E-state index in [1.54, 1.807) is 0 Å². The molecule has 0 saturated heterocycles. The van der Waals surface area contributed by atoms with E-state index in [1.807, 2.05) is 6.92 Å². The first-order valence-corrected chi connectivity index (χ1v) is 2.67. The number of hydrogen-bond donors (Lipinski definition) is 0. The number of nitroso groups, excluding NO2 is 1. The van der Waals surface area contributed by atoms with Crippen molar-refractivity contribution in [3.63, 3.8) is 0 Å². The maximum Gasteiger partial charge on any atom is 0.0919 e. The highest BCUT2D eigenvalue weighted by Crippen LogP contribution is 2.33. The van der Waals surface area contributed by atoms with E-state index in [1.165, 1.54) is 12.8 Å². The Morgan fingerprint density at radius 1 is 1.71 bits per heavy atom. The van der Waals surface area contributed by atoms with Gasteiger partial charge in [0, 0.05) is 0 Å². The molecule has 0 spiro atoms. The summed E-state index contributed by atoms with van der Waals surface area (Å²) in [5.74, 6) is 0.637. The summed E-state index contributed by atoms with van der Waals surface area (Å²) in [6.07, 6.45) is 2.43. The molecule has 0 heterocycles. The van der Waals surface area contributed by atoms with Gasteiger partial charge in [-0.05, 0) is 25.7 Å². The second-order valence-corrected chi connectivity index (χ2v) is 2.18. The van der Waals surface area contributed by atoms with Crippen LogP contribution >= 0.6 is 0 Å². The lowest BCUT2D eigenvalue weighted by atomic mass is 10.2. The second-order valence-electron chi connectivity index (χ2n) is 2.18. The zero-order valence-corrected chi connectivity index (χ0v) is 4.42. The summed E-state index contributed by atoms with van der Waals surface area (Å²) in [6.45, 7) is 1.88. The van der Waals surface area contributed by atoms with Crippen LogP contribution in [0.4, 0.5) is 0 Å². The third-order valence-electron chi connectivity index (χ3n) is 1.47. The van der Waals surface area contributed by atoms with E-state index in [2.05, 4.69) is 5.18 Å². The summed E-state index contributed by atoms with van der Waals surface area (Å²) >= 11 is 0. The van der Waals surface area contributed by atoms with Crippen molar-refractivity contribution in [2.75, 3.05) is 0 Å². The van der Waals surface area contributed by atoms with Crippen molar-refractivity contribution in [3.8, 4) is 0 Å². The average Bonchev–Trinajstić information content (AvgIpc) is 2.44. The van der Waals surface area contributed by atoms with Gasteiger partial charge < -0.3 is 0 Å². The maximum atomic E-state index is 9.74. The van der Waals surface area contributed by atoms with Crippen molar-refractivity contribution >= 4 is 0 Å². The highest BCUT2D eigenvalue weighted by Gasteiger charge is 2.28. The first kappa shape index (κ1) is 4.75. The van der Waals surface area contributed by atoms with Crippen LogP contribution in [0.2, 0.25) is 0 Å². The fraction of sp³-hybridized carbons (Fsp3) is 1.00. The molecule has 0 aromatic carbocycles. The van der Waals surface area contributed by atoms with Crippen LogP contribution in [-0.2, 0) is 0 Å². The molecule has 0 aliphatic heterocycles. The van der Waals surface area contributed by atoms with E-state index in [-0.39, 0.29) is 6.04 Å². The zero-order valence-electron chi connectivity index (χ0n) is 4.42. The van der Waals surface area contributed by atoms with E-state index >= 15 is 0 Å². The van der Waals surface area contributed by atoms with E-state index < -0.39 is 0 Å². The van der Waals surface area contributed by atoms with Crippen LogP contribution in [0.5, 0.6) is 0 Å². The normalized spacial score (nSPS) is 24.1. The van der Waals surface area contributed by atoms with Crippen LogP contribution in [0.25, 0.3) is 0 Å². The Morgan fingerprint density at radius 3 is 2.43 bits per heavy atom. The minimum absolute atomic E-state index is 0.0833. The molecule has 1 saturated carbocycles. The van der Waals surface area contributed by atoms with E-state index in [0.29, 0.717) is 5.92 Å². The Morgan fingerprint density at radius 2 is 2.29 bits per heavy atom. The molecular formula is C5H9NO. The van der Waals surface area contributed by atoms with Gasteiger partial charge in [-0.1, -0.05) is 5.18 Å². The zero-order chi connectivity index (χ0) is 5.28. The van der Waals surface area contributed by atoms with Crippen LogP contribution in [0.3, 0.4) is 0 Å². The molecule has 0 radical (unpaired) electrons. The highest BCUT2D eigenvalue weighted by atomic mass is 16.3. The topological polar surface area (TPSA) is 29.4 Å². The standard InChI is InChI=1S/C5H9NO/c1-4(6-7)5-2-3-5/h4-5H,2-3H2,1H3/t4-/m0/s1. The summed E-state index contributed by atoms with van der Waals surface area (Å²) in [5, 5.41) is 2.90. The van der Waals surface area contributed by atoms with E-state index in [4.69, 9.17) is 0 Å². The minimum atomic E-state index is 0.0833. The lowest BCUT2D eigenvalue weighted by molar-refractivity contribution is 0.647. The molecule has 0 aromatic heterocycles. The van der Waals surface area contributed by atoms with Crippen LogP contribution in [-0.4, -0.2) is 6.04 Å². The van der Waals surface area contributed by atoms with Crippen LogP contribution in [0, 0.1) is 10.8 Å². The van der Waals surface area contributed by atoms with Gasteiger partial charge in [-0.15, -0.1) is 0 Å². The highest BCUT2D eigenvalue weighted by molar-refractivity contribution is 4.82. The number of rotatable bonds is 2. The van der Waals surface area contributed by atoms with Crippen molar-refractivity contribution in [1.29, 1.82) is 0 Å². The molecule has 40 valence electrons. The average molecular weight is 99.1 g/mol. The minimum Gasteiger partial charge on any atom is -0.151 e. The van der Waals surface area contributed by atoms with Gasteiger partial charge in [0.15, 0.2) is 0 Å². The molecule has 1 aliphatic rings. The smallest absolute Gasteiger partial charge is 0.0919 e. The Bertz CT molecular complexity index is 78.1. The van der Waals surface area contributed by atoms with E-state index in [9.17, 15) is 4.91 Å². The third kappa shape index (κ3) is 0.981. The van der Waals surface area contributed by atoms with Gasteiger partial charge in [-0.2, -0.15) is 4.91 Å². The summed E-state index contributed by atoms with van der Waals surface area (Å²) in [4.78, 5) is 9.74. The SMILES string of the molecule is C[C@H](N=O)C1CC1. The lowest BCUT2D eigenvalue weighted by Gasteiger charge is -1.91. The number of nitrogens with zero attached hydrogens (tertiary/aromatic N) is 1. The van der Waals surface area contributed by atoms with Gasteiger partial charge in [-0.25, -0.2) is 0 Å². The predicted molar refractivity (Wildman–Crippen MR) is 28.0 cm³/mol. The van der Waals surface area contributed by atoms with Crippen LogP contribution in [0.15, 0.2) is 5.18 Å². The summed E-state index contributed by atoms with van der Waals surface area (Å²) < 4.78 is 0. The molecule has 1 rings (SSSR count). The van der Waals surface area contributed by atoms with Gasteiger partial charge in [0.1, 0.15) is 0 Å². The molecule has 2 heteroatoms. The molecule has 0 unspecified atom stereocenters. The van der Waals surface area contributed by atoms with Crippen molar-refractivity contribution in [1.82, 2.24) is 0 Å². The van der Waals surface area contributed by atoms with Crippen molar-refractivity contribution in [3.05, 3.63) is 4.91 Å². The fourth-order valence-electron chi connectivity index (χ4n) is 0.665. The van der Waals surface area contributed by atoms with Gasteiger partial charge in [0.2, 0.25) is 0 Å². The number of hydrogen-bond acceptors (Lipinski definition) is 2. The van der Waals surface area contributed by atoms with Gasteiger partial charge in [0.05, 0.1) is 6.04 Å². The molecule has 0 N–H and O–H groups in total. The monoisotopic (exact) mass is 99.1 g/mol. The Kier molecular flexibility index (Phi) is 1.09. The first-order valence-electron chi connectivity index (χ1n) is 2.67. The van der Waals surface area contributed by atoms with Gasteiger partial charge >= 0.3 is 0 Å². The molecule has 1 atom stereocenters. The molecule has 7 heavy (non-hydrogen) atoms. The van der Waals surface area contributed by atoms with Crippen molar-refractivity contribution in [2.24, 2.45) is 11.1 Å². The molecule has 0 bridgehead atoms. The molecule has 1 fully saturated rings. The Labute approximate surface area is 42.9 Å². The molecule has 2 nitrogen and oxygen atoms in total. The summed E-state index contributed by atoms with van der Waals surface area (Å²) in [5.41, 5.74) is 0. The van der Waals surface area contributed by atoms with Gasteiger partial charge in [0.25, 0.3) is 0 Å². The van der Waals surface area contributed by atoms with Crippen molar-refractivity contribution in [2.45, 2.75) is 25.8 Å². The predicted octanol–water partition coefficient (Wildman–Crippen LogP) is 1.55. The fourth-order valence-corrected chi connectivity index (χ4v) is 0.665. The van der Waals surface area contributed by atoms with E-state index in [0.717, 1.165) is 0 Å². The summed E-state index contributed by atoms with van der Waals surface area (Å²) in [6, 6.07) is 0.0833. The quantitative estimate of drug-likeness (QED) is 0.483. The molecule has 0 amide bonds. The Balaban J connectivity index is 2.22. The molecular weight excluding hydrogens is 90.1 g/mol. The van der Waals surface area contributed by atoms with Gasteiger partial charge in [-0.3, -0.25) is 0 Å². The molecule has 0 aromatic rings. The Hall–Kier alpha value is -0.400. The maximum absolute atomic E-state index is 9.74. The van der Waals surface area contributed by atoms with Crippen LogP contribution in [0.1, 0.15) is 19.8 Å². The lowest BCUT2D eigenvalue weighted by Crippen LogP contribution is -1.96. The van der Waals surface area contributed by atoms with Crippen LogP contribution < -0.4 is 0 Å².